The number of nitrogens with zero attached hydrogens (tertiary/aromatic N) is 2. The van der Waals surface area contributed by atoms with Crippen molar-refractivity contribution in [1.29, 1.82) is 0 Å². The van der Waals surface area contributed by atoms with Gasteiger partial charge in [0.1, 0.15) is 11.4 Å². The van der Waals surface area contributed by atoms with E-state index >= 15 is 0 Å². The highest BCUT2D eigenvalue weighted by molar-refractivity contribution is 6.27. The average Bonchev–Trinajstić information content (AvgIpc) is 2.51. The van der Waals surface area contributed by atoms with E-state index in [-0.39, 0.29) is 28.8 Å². The number of alkyl halides is 1. The highest BCUT2D eigenvalue weighted by Crippen LogP contribution is 2.26. The summed E-state index contributed by atoms with van der Waals surface area (Å²) < 4.78 is 0. The molecule has 0 atom stereocenters. The van der Waals surface area contributed by atoms with E-state index < -0.39 is 0 Å². The number of carbonyl (C=O) groups is 2. The minimum absolute atomic E-state index is 0.113. The Bertz CT molecular complexity index is 679. The molecular formula is C15H11ClN2O2. The van der Waals surface area contributed by atoms with Crippen LogP contribution >= 0.6 is 11.6 Å². The van der Waals surface area contributed by atoms with Gasteiger partial charge in [-0.05, 0) is 6.42 Å². The maximum Gasteiger partial charge on any atom is 0.214 e. The first-order valence-corrected chi connectivity index (χ1v) is 6.85. The molecule has 2 aromatic rings. The first-order chi connectivity index (χ1) is 9.67. The molecule has 0 saturated carbocycles. The van der Waals surface area contributed by atoms with Crippen LogP contribution < -0.4 is 0 Å². The minimum Gasteiger partial charge on any atom is -0.287 e. The van der Waals surface area contributed by atoms with Crippen LogP contribution in [0.3, 0.4) is 0 Å². The first-order valence-electron chi connectivity index (χ1n) is 6.31. The molecule has 0 unspecified atom stereocenters. The molecule has 0 bridgehead atoms. The van der Waals surface area contributed by atoms with Gasteiger partial charge in [0.25, 0.3) is 0 Å². The summed E-state index contributed by atoms with van der Waals surface area (Å²) in [5, 5.41) is 0. The van der Waals surface area contributed by atoms with E-state index in [2.05, 4.69) is 9.97 Å². The van der Waals surface area contributed by atoms with E-state index in [1.165, 1.54) is 0 Å². The third-order valence-electron chi connectivity index (χ3n) is 3.36. The van der Waals surface area contributed by atoms with Crippen molar-refractivity contribution in [2.24, 2.45) is 0 Å². The highest BCUT2D eigenvalue weighted by atomic mass is 35.5. The zero-order valence-corrected chi connectivity index (χ0v) is 11.6. The van der Waals surface area contributed by atoms with Crippen LogP contribution in [0.25, 0.3) is 0 Å². The SMILES string of the molecule is CCc1nc2c(nc1CCl)C(=O)c1ccccc1C2=O. The summed E-state index contributed by atoms with van der Waals surface area (Å²) in [6.45, 7) is 1.91. The Morgan fingerprint density at radius 3 is 1.90 bits per heavy atom. The number of aromatic nitrogens is 2. The lowest BCUT2D eigenvalue weighted by molar-refractivity contribution is 0.0971. The molecule has 1 heterocycles. The lowest BCUT2D eigenvalue weighted by Gasteiger charge is -2.17. The minimum atomic E-state index is -0.267. The number of ketones is 2. The average molecular weight is 287 g/mol. The number of hydrogen-bond acceptors (Lipinski definition) is 4. The van der Waals surface area contributed by atoms with Crippen LogP contribution in [-0.4, -0.2) is 21.5 Å². The van der Waals surface area contributed by atoms with Gasteiger partial charge < -0.3 is 0 Å². The molecule has 0 amide bonds. The molecule has 20 heavy (non-hydrogen) atoms. The van der Waals surface area contributed by atoms with Crippen LogP contribution in [0.1, 0.15) is 50.4 Å². The fraction of sp³-hybridized carbons (Fsp3) is 0.200. The topological polar surface area (TPSA) is 59.9 Å². The molecule has 0 N–H and O–H groups in total. The molecule has 0 spiro atoms. The van der Waals surface area contributed by atoms with Crippen LogP contribution in [-0.2, 0) is 12.3 Å². The molecule has 0 aliphatic heterocycles. The molecule has 4 nitrogen and oxygen atoms in total. The third-order valence-corrected chi connectivity index (χ3v) is 3.61. The predicted molar refractivity (Wildman–Crippen MR) is 74.3 cm³/mol. The van der Waals surface area contributed by atoms with Gasteiger partial charge >= 0.3 is 0 Å². The van der Waals surface area contributed by atoms with Gasteiger partial charge in [0.15, 0.2) is 0 Å². The van der Waals surface area contributed by atoms with Crippen molar-refractivity contribution in [3.63, 3.8) is 0 Å². The Morgan fingerprint density at radius 1 is 0.950 bits per heavy atom. The van der Waals surface area contributed by atoms with Gasteiger partial charge in [0.2, 0.25) is 11.6 Å². The first kappa shape index (κ1) is 12.9. The van der Waals surface area contributed by atoms with Gasteiger partial charge in [-0.25, -0.2) is 9.97 Å². The molecule has 0 fully saturated rings. The van der Waals surface area contributed by atoms with E-state index in [1.807, 2.05) is 6.92 Å². The van der Waals surface area contributed by atoms with E-state index in [9.17, 15) is 9.59 Å². The fourth-order valence-electron chi connectivity index (χ4n) is 2.35. The lowest BCUT2D eigenvalue weighted by Crippen LogP contribution is -2.25. The molecule has 0 radical (unpaired) electrons. The maximum atomic E-state index is 12.4. The van der Waals surface area contributed by atoms with Crippen molar-refractivity contribution < 1.29 is 9.59 Å². The molecule has 100 valence electrons. The molecule has 1 aliphatic carbocycles. The number of halogens is 1. The fourth-order valence-corrected chi connectivity index (χ4v) is 2.56. The molecule has 3 rings (SSSR count). The van der Waals surface area contributed by atoms with E-state index in [0.717, 1.165) is 0 Å². The Hall–Kier alpha value is -2.07. The second kappa shape index (κ2) is 4.80. The van der Waals surface area contributed by atoms with Crippen LogP contribution in [0.2, 0.25) is 0 Å². The number of rotatable bonds is 2. The standard InChI is InChI=1S/C15H11ClN2O2/c1-2-10-11(7-16)18-13-12(17-10)14(19)8-5-3-4-6-9(8)15(13)20/h3-6H,2,7H2,1H3. The summed E-state index contributed by atoms with van der Waals surface area (Å²) >= 11 is 5.84. The summed E-state index contributed by atoms with van der Waals surface area (Å²) in [5.41, 5.74) is 2.25. The van der Waals surface area contributed by atoms with Crippen molar-refractivity contribution in [3.05, 3.63) is 58.2 Å². The zero-order chi connectivity index (χ0) is 14.3. The lowest BCUT2D eigenvalue weighted by atomic mass is 9.89. The Kier molecular flexibility index (Phi) is 3.10. The van der Waals surface area contributed by atoms with Gasteiger partial charge in [-0.1, -0.05) is 31.2 Å². The van der Waals surface area contributed by atoms with Gasteiger partial charge in [0, 0.05) is 11.1 Å². The summed E-state index contributed by atoms with van der Waals surface area (Å²) in [6.07, 6.45) is 0.617. The van der Waals surface area contributed by atoms with Gasteiger partial charge in [-0.3, -0.25) is 9.59 Å². The van der Waals surface area contributed by atoms with Crippen molar-refractivity contribution in [2.75, 3.05) is 0 Å². The molecular weight excluding hydrogens is 276 g/mol. The summed E-state index contributed by atoms with van der Waals surface area (Å²) in [4.78, 5) is 33.4. The second-order valence-electron chi connectivity index (χ2n) is 4.51. The number of aryl methyl sites for hydroxylation is 1. The zero-order valence-electron chi connectivity index (χ0n) is 10.8. The molecule has 1 aromatic heterocycles. The summed E-state index contributed by atoms with van der Waals surface area (Å²) in [7, 11) is 0. The number of benzene rings is 1. The van der Waals surface area contributed by atoms with E-state index in [0.29, 0.717) is 28.9 Å². The third kappa shape index (κ3) is 1.76. The van der Waals surface area contributed by atoms with Crippen LogP contribution in [0.5, 0.6) is 0 Å². The quantitative estimate of drug-likeness (QED) is 0.679. The van der Waals surface area contributed by atoms with Crippen molar-refractivity contribution in [1.82, 2.24) is 9.97 Å². The number of hydrogen-bond donors (Lipinski definition) is 0. The number of carbonyl (C=O) groups excluding carboxylic acids is 2. The monoisotopic (exact) mass is 286 g/mol. The normalized spacial score (nSPS) is 13.1. The van der Waals surface area contributed by atoms with Crippen LogP contribution in [0, 0.1) is 0 Å². The van der Waals surface area contributed by atoms with Crippen molar-refractivity contribution in [2.45, 2.75) is 19.2 Å². The Labute approximate surface area is 120 Å². The number of fused-ring (bicyclic) bond motifs is 2. The molecule has 1 aromatic carbocycles. The highest BCUT2D eigenvalue weighted by Gasteiger charge is 2.32. The van der Waals surface area contributed by atoms with Gasteiger partial charge in [0.05, 0.1) is 17.3 Å². The van der Waals surface area contributed by atoms with E-state index in [1.54, 1.807) is 24.3 Å². The Balaban J connectivity index is 2.28. The second-order valence-corrected chi connectivity index (χ2v) is 4.77. The van der Waals surface area contributed by atoms with Crippen molar-refractivity contribution >= 4 is 23.2 Å². The molecule has 0 saturated heterocycles. The van der Waals surface area contributed by atoms with Gasteiger partial charge in [-0.2, -0.15) is 0 Å². The summed E-state index contributed by atoms with van der Waals surface area (Å²) in [6, 6.07) is 6.73. The Morgan fingerprint density at radius 2 is 1.45 bits per heavy atom. The smallest absolute Gasteiger partial charge is 0.214 e. The van der Waals surface area contributed by atoms with E-state index in [4.69, 9.17) is 11.6 Å². The molecule has 1 aliphatic rings. The molecule has 5 heteroatoms. The largest absolute Gasteiger partial charge is 0.287 e. The predicted octanol–water partition coefficient (Wildman–Crippen LogP) is 2.55. The van der Waals surface area contributed by atoms with Crippen LogP contribution in [0.15, 0.2) is 24.3 Å². The maximum absolute atomic E-state index is 12.4. The van der Waals surface area contributed by atoms with Gasteiger partial charge in [-0.15, -0.1) is 11.6 Å². The summed E-state index contributed by atoms with van der Waals surface area (Å²) in [5.74, 6) is -0.345. The van der Waals surface area contributed by atoms with Crippen LogP contribution in [0.4, 0.5) is 0 Å². The van der Waals surface area contributed by atoms with Crippen molar-refractivity contribution in [3.8, 4) is 0 Å².